The zero-order valence-corrected chi connectivity index (χ0v) is 14.9. The molecule has 23 heavy (non-hydrogen) atoms. The molecule has 1 aliphatic carbocycles. The van der Waals surface area contributed by atoms with E-state index in [-0.39, 0.29) is 6.04 Å². The van der Waals surface area contributed by atoms with Crippen LogP contribution in [-0.2, 0) is 14.3 Å². The van der Waals surface area contributed by atoms with Crippen LogP contribution in [0.4, 0.5) is 0 Å². The van der Waals surface area contributed by atoms with Gasteiger partial charge in [-0.2, -0.15) is 0 Å². The summed E-state index contributed by atoms with van der Waals surface area (Å²) in [4.78, 5) is 23.5. The van der Waals surface area contributed by atoms with Gasteiger partial charge in [-0.05, 0) is 19.3 Å². The molecule has 1 fully saturated rings. The normalized spacial score (nSPS) is 15.9. The number of hydrogen-bond acceptors (Lipinski definition) is 3. The molecule has 1 amide bonds. The van der Waals surface area contributed by atoms with E-state index in [0.717, 1.165) is 38.5 Å². The maximum absolute atomic E-state index is 11.8. The molecule has 0 bridgehead atoms. The number of esters is 1. The lowest BCUT2D eigenvalue weighted by atomic mass is 10.1. The highest BCUT2D eigenvalue weighted by atomic mass is 16.5. The first kappa shape index (κ1) is 20.0. The molecule has 0 heterocycles. The molecule has 1 aliphatic rings. The van der Waals surface area contributed by atoms with E-state index in [1.807, 2.05) is 0 Å². The van der Waals surface area contributed by atoms with E-state index in [4.69, 9.17) is 4.74 Å². The second kappa shape index (κ2) is 13.4. The molecule has 134 valence electrons. The summed E-state index contributed by atoms with van der Waals surface area (Å²) < 4.78 is 5.07. The van der Waals surface area contributed by atoms with Crippen LogP contribution in [0.1, 0.15) is 96.8 Å². The zero-order chi connectivity index (χ0) is 16.8. The Labute approximate surface area is 141 Å². The molecule has 0 spiro atoms. The Morgan fingerprint density at radius 3 is 2.04 bits per heavy atom. The summed E-state index contributed by atoms with van der Waals surface area (Å²) in [5, 5.41) is 2.83. The molecule has 0 saturated heterocycles. The van der Waals surface area contributed by atoms with Crippen molar-refractivity contribution in [3.63, 3.8) is 0 Å². The van der Waals surface area contributed by atoms with E-state index in [0.29, 0.717) is 6.61 Å². The third-order valence-electron chi connectivity index (χ3n) is 4.61. The van der Waals surface area contributed by atoms with Crippen LogP contribution in [0.5, 0.6) is 0 Å². The Bertz CT molecular complexity index is 323. The molecule has 0 aromatic rings. The molecular formula is C19H35NO3. The molecular weight excluding hydrogens is 290 g/mol. The Balaban J connectivity index is 1.99. The molecule has 1 N–H and O–H groups in total. The average molecular weight is 325 g/mol. The van der Waals surface area contributed by atoms with Crippen molar-refractivity contribution in [3.05, 3.63) is 0 Å². The quantitative estimate of drug-likeness (QED) is 0.278. The first-order valence-corrected chi connectivity index (χ1v) is 9.71. The second-order valence-electron chi connectivity index (χ2n) is 6.77. The van der Waals surface area contributed by atoms with Gasteiger partial charge in [-0.25, -0.2) is 4.79 Å². The first-order valence-electron chi connectivity index (χ1n) is 9.71. The van der Waals surface area contributed by atoms with Gasteiger partial charge in [0.1, 0.15) is 0 Å². The SMILES string of the molecule is CCCCCCCCCCOC(=O)C(=O)NC1CCCCCC1. The molecule has 0 aromatic heterocycles. The monoisotopic (exact) mass is 325 g/mol. The molecule has 1 rings (SSSR count). The van der Waals surface area contributed by atoms with Crippen LogP contribution in [0.2, 0.25) is 0 Å². The fraction of sp³-hybridized carbons (Fsp3) is 0.895. The first-order chi connectivity index (χ1) is 11.2. The summed E-state index contributed by atoms with van der Waals surface area (Å²) in [7, 11) is 0. The smallest absolute Gasteiger partial charge is 0.396 e. The molecule has 0 unspecified atom stereocenters. The van der Waals surface area contributed by atoms with Crippen molar-refractivity contribution in [1.29, 1.82) is 0 Å². The third kappa shape index (κ3) is 10.4. The van der Waals surface area contributed by atoms with E-state index < -0.39 is 11.9 Å². The van der Waals surface area contributed by atoms with E-state index in [1.165, 1.54) is 51.4 Å². The lowest BCUT2D eigenvalue weighted by Crippen LogP contribution is -2.40. The van der Waals surface area contributed by atoms with Crippen molar-refractivity contribution in [2.75, 3.05) is 6.61 Å². The van der Waals surface area contributed by atoms with Gasteiger partial charge in [-0.15, -0.1) is 0 Å². The number of unbranched alkanes of at least 4 members (excludes halogenated alkanes) is 7. The molecule has 0 aliphatic heterocycles. The van der Waals surface area contributed by atoms with Crippen LogP contribution in [-0.4, -0.2) is 24.5 Å². The number of rotatable bonds is 10. The highest BCUT2D eigenvalue weighted by Gasteiger charge is 2.20. The van der Waals surface area contributed by atoms with Gasteiger partial charge in [-0.1, -0.05) is 77.6 Å². The van der Waals surface area contributed by atoms with Crippen LogP contribution in [0.3, 0.4) is 0 Å². The topological polar surface area (TPSA) is 55.4 Å². The van der Waals surface area contributed by atoms with Gasteiger partial charge in [0, 0.05) is 6.04 Å². The molecule has 0 atom stereocenters. The fourth-order valence-corrected chi connectivity index (χ4v) is 3.13. The largest absolute Gasteiger partial charge is 0.459 e. The van der Waals surface area contributed by atoms with E-state index in [1.54, 1.807) is 0 Å². The highest BCUT2D eigenvalue weighted by Crippen LogP contribution is 2.17. The number of carbonyl (C=O) groups excluding carboxylic acids is 2. The van der Waals surface area contributed by atoms with E-state index in [2.05, 4.69) is 12.2 Å². The van der Waals surface area contributed by atoms with Crippen LogP contribution >= 0.6 is 0 Å². The summed E-state index contributed by atoms with van der Waals surface area (Å²) >= 11 is 0. The van der Waals surface area contributed by atoms with Gasteiger partial charge < -0.3 is 10.1 Å². The van der Waals surface area contributed by atoms with Crippen LogP contribution in [0.25, 0.3) is 0 Å². The molecule has 4 heteroatoms. The van der Waals surface area contributed by atoms with Crippen molar-refractivity contribution in [2.45, 2.75) is 103 Å². The van der Waals surface area contributed by atoms with Crippen molar-refractivity contribution >= 4 is 11.9 Å². The van der Waals surface area contributed by atoms with Gasteiger partial charge >= 0.3 is 11.9 Å². The van der Waals surface area contributed by atoms with Crippen LogP contribution in [0, 0.1) is 0 Å². The summed E-state index contributed by atoms with van der Waals surface area (Å²) in [6.07, 6.45) is 16.3. The van der Waals surface area contributed by atoms with Gasteiger partial charge in [0.15, 0.2) is 0 Å². The van der Waals surface area contributed by atoms with Gasteiger partial charge in [0.2, 0.25) is 0 Å². The van der Waals surface area contributed by atoms with Crippen LogP contribution in [0.15, 0.2) is 0 Å². The Morgan fingerprint density at radius 1 is 0.870 bits per heavy atom. The Hall–Kier alpha value is -1.06. The average Bonchev–Trinajstić information content (AvgIpc) is 2.81. The van der Waals surface area contributed by atoms with Gasteiger partial charge in [0.25, 0.3) is 0 Å². The number of hydrogen-bond donors (Lipinski definition) is 1. The predicted octanol–water partition coefficient (Wildman–Crippen LogP) is 4.51. The lowest BCUT2D eigenvalue weighted by molar-refractivity contribution is -0.155. The Kier molecular flexibility index (Phi) is 11.6. The fourth-order valence-electron chi connectivity index (χ4n) is 3.13. The molecule has 4 nitrogen and oxygen atoms in total. The predicted molar refractivity (Wildman–Crippen MR) is 93.2 cm³/mol. The maximum atomic E-state index is 11.8. The number of ether oxygens (including phenoxy) is 1. The summed E-state index contributed by atoms with van der Waals surface area (Å²) in [5.41, 5.74) is 0. The van der Waals surface area contributed by atoms with Crippen molar-refractivity contribution in [1.82, 2.24) is 5.32 Å². The van der Waals surface area contributed by atoms with E-state index in [9.17, 15) is 9.59 Å². The summed E-state index contributed by atoms with van der Waals surface area (Å²) in [6.45, 7) is 2.59. The minimum absolute atomic E-state index is 0.153. The molecule has 1 saturated carbocycles. The minimum atomic E-state index is -0.711. The summed E-state index contributed by atoms with van der Waals surface area (Å²) in [5.74, 6) is -1.27. The summed E-state index contributed by atoms with van der Waals surface area (Å²) in [6, 6.07) is 0.153. The zero-order valence-electron chi connectivity index (χ0n) is 14.9. The number of nitrogens with one attached hydrogen (secondary N) is 1. The van der Waals surface area contributed by atoms with Gasteiger partial charge in [-0.3, -0.25) is 4.79 Å². The second-order valence-corrected chi connectivity index (χ2v) is 6.77. The minimum Gasteiger partial charge on any atom is -0.459 e. The lowest BCUT2D eigenvalue weighted by Gasteiger charge is -2.15. The van der Waals surface area contributed by atoms with Crippen molar-refractivity contribution < 1.29 is 14.3 Å². The van der Waals surface area contributed by atoms with Crippen molar-refractivity contribution in [2.24, 2.45) is 0 Å². The van der Waals surface area contributed by atoms with Gasteiger partial charge in [0.05, 0.1) is 6.61 Å². The maximum Gasteiger partial charge on any atom is 0.396 e. The van der Waals surface area contributed by atoms with E-state index >= 15 is 0 Å². The number of carbonyl (C=O) groups is 2. The standard InChI is InChI=1S/C19H35NO3/c1-2-3-4-5-6-7-10-13-16-23-19(22)18(21)20-17-14-11-8-9-12-15-17/h17H,2-16H2,1H3,(H,20,21). The number of amides is 1. The van der Waals surface area contributed by atoms with Crippen LogP contribution < -0.4 is 5.32 Å². The molecule has 0 aromatic carbocycles. The van der Waals surface area contributed by atoms with Crippen molar-refractivity contribution in [3.8, 4) is 0 Å². The Morgan fingerprint density at radius 2 is 1.43 bits per heavy atom. The molecule has 0 radical (unpaired) electrons. The highest BCUT2D eigenvalue weighted by molar-refractivity contribution is 6.32. The third-order valence-corrected chi connectivity index (χ3v) is 4.61.